The Labute approximate surface area is 209 Å². The summed E-state index contributed by atoms with van der Waals surface area (Å²) in [4.78, 5) is 58.4. The van der Waals surface area contributed by atoms with Crippen molar-refractivity contribution in [1.29, 1.82) is 0 Å². The summed E-state index contributed by atoms with van der Waals surface area (Å²) in [6.07, 6.45) is 0.575. The molecule has 0 radical (unpaired) electrons. The number of imide groups is 2. The highest BCUT2D eigenvalue weighted by Gasteiger charge is 2.64. The Morgan fingerprint density at radius 2 is 1.81 bits per heavy atom. The first-order chi connectivity index (χ1) is 17.3. The minimum Gasteiger partial charge on any atom is -0.364 e. The van der Waals surface area contributed by atoms with Crippen LogP contribution in [-0.4, -0.2) is 76.7 Å². The minimum atomic E-state index is -1.55. The Kier molecular flexibility index (Phi) is 5.99. The summed E-state index contributed by atoms with van der Waals surface area (Å²) in [5.41, 5.74) is 0.884. The fourth-order valence-corrected chi connectivity index (χ4v) is 5.90. The van der Waals surface area contributed by atoms with Crippen molar-refractivity contribution < 1.29 is 19.3 Å². The Morgan fingerprint density at radius 1 is 1.06 bits per heavy atom. The maximum Gasteiger partial charge on any atom is 0.333 e. The van der Waals surface area contributed by atoms with Gasteiger partial charge in [-0.15, -0.1) is 0 Å². The number of nitro groups is 1. The molecule has 188 valence electrons. The molecular formula is C26H29N5O5. The smallest absolute Gasteiger partial charge is 0.333 e. The van der Waals surface area contributed by atoms with Crippen LogP contribution < -0.4 is 4.90 Å². The molecule has 2 aromatic carbocycles. The summed E-state index contributed by atoms with van der Waals surface area (Å²) in [7, 11) is 1.42. The number of carbonyl (C=O) groups excluding carboxylic acids is 3. The number of fused-ring (bicyclic) bond motifs is 4. The van der Waals surface area contributed by atoms with E-state index in [-0.39, 0.29) is 18.7 Å². The minimum absolute atomic E-state index is 0.0137. The van der Waals surface area contributed by atoms with Gasteiger partial charge in [0, 0.05) is 64.0 Å². The van der Waals surface area contributed by atoms with Crippen LogP contribution in [0, 0.1) is 15.5 Å². The zero-order valence-corrected chi connectivity index (χ0v) is 20.4. The number of rotatable bonds is 5. The van der Waals surface area contributed by atoms with Crippen LogP contribution in [0.15, 0.2) is 48.5 Å². The third-order valence-corrected chi connectivity index (χ3v) is 7.61. The molecule has 3 aliphatic heterocycles. The highest BCUT2D eigenvalue weighted by Crippen LogP contribution is 2.47. The van der Waals surface area contributed by atoms with Gasteiger partial charge >= 0.3 is 6.03 Å². The number of piperazine rings is 1. The quantitative estimate of drug-likeness (QED) is 0.360. The highest BCUT2D eigenvalue weighted by atomic mass is 16.6. The molecule has 10 heteroatoms. The SMILES string of the molecule is CCCN1C(=O)N(C)C(=O)C2(Cc3cc([N+](=O)[O-])ccc3N3CCN(Cc4ccccc4)CC32)C1=O. The molecule has 0 N–H and O–H groups in total. The van der Waals surface area contributed by atoms with Gasteiger partial charge < -0.3 is 4.90 Å². The van der Waals surface area contributed by atoms with Crippen LogP contribution in [-0.2, 0) is 22.6 Å². The zero-order valence-electron chi connectivity index (χ0n) is 20.4. The standard InChI is InChI=1S/C26H29N5O5/c1-3-11-30-24(33)26(23(32)27(2)25(30)34)15-19-14-20(31(35)36)9-10-21(19)29-13-12-28(17-22(26)29)16-18-7-5-4-6-8-18/h4-10,14,22H,3,11-13,15-17H2,1-2H3. The third kappa shape index (κ3) is 3.63. The molecule has 0 bridgehead atoms. The highest BCUT2D eigenvalue weighted by molar-refractivity contribution is 6.20. The average molecular weight is 492 g/mol. The normalized spacial score (nSPS) is 24.2. The number of nitrogens with zero attached hydrogens (tertiary/aromatic N) is 5. The van der Waals surface area contributed by atoms with Crippen molar-refractivity contribution in [2.24, 2.45) is 5.41 Å². The van der Waals surface area contributed by atoms with Gasteiger partial charge in [0.05, 0.1) is 11.0 Å². The molecule has 1 spiro atoms. The maximum absolute atomic E-state index is 14.1. The topological polar surface area (TPSA) is 107 Å². The van der Waals surface area contributed by atoms with E-state index in [2.05, 4.69) is 4.90 Å². The fraction of sp³-hybridized carbons (Fsp3) is 0.423. The van der Waals surface area contributed by atoms with Gasteiger partial charge in [-0.25, -0.2) is 4.79 Å². The summed E-state index contributed by atoms with van der Waals surface area (Å²) in [6.45, 7) is 4.45. The summed E-state index contributed by atoms with van der Waals surface area (Å²) in [6, 6.07) is 13.5. The van der Waals surface area contributed by atoms with Crippen molar-refractivity contribution in [3.63, 3.8) is 0 Å². The Hall–Kier alpha value is -3.79. The van der Waals surface area contributed by atoms with E-state index in [0.29, 0.717) is 38.2 Å². The second kappa shape index (κ2) is 9.02. The molecule has 0 saturated carbocycles. The van der Waals surface area contributed by atoms with E-state index in [1.165, 1.54) is 24.1 Å². The predicted octanol–water partition coefficient (Wildman–Crippen LogP) is 2.66. The van der Waals surface area contributed by atoms with Crippen LogP contribution in [0.4, 0.5) is 16.2 Å². The molecule has 2 aromatic rings. The third-order valence-electron chi connectivity index (χ3n) is 7.61. The molecule has 0 aromatic heterocycles. The van der Waals surface area contributed by atoms with Gasteiger partial charge in [-0.05, 0) is 23.6 Å². The van der Waals surface area contributed by atoms with E-state index in [9.17, 15) is 24.5 Å². The van der Waals surface area contributed by atoms with E-state index in [1.807, 2.05) is 42.2 Å². The molecule has 2 atom stereocenters. The van der Waals surface area contributed by atoms with Crippen LogP contribution in [0.1, 0.15) is 24.5 Å². The van der Waals surface area contributed by atoms with Crippen molar-refractivity contribution in [2.45, 2.75) is 32.4 Å². The number of hydrogen-bond acceptors (Lipinski definition) is 7. The van der Waals surface area contributed by atoms with Crippen molar-refractivity contribution in [3.8, 4) is 0 Å². The van der Waals surface area contributed by atoms with Crippen LogP contribution in [0.25, 0.3) is 0 Å². The molecule has 36 heavy (non-hydrogen) atoms. The van der Waals surface area contributed by atoms with Gasteiger partial charge in [0.2, 0.25) is 11.8 Å². The van der Waals surface area contributed by atoms with E-state index >= 15 is 0 Å². The second-order valence-corrected chi connectivity index (χ2v) is 9.75. The molecule has 2 fully saturated rings. The number of carbonyl (C=O) groups is 3. The first-order valence-electron chi connectivity index (χ1n) is 12.2. The van der Waals surface area contributed by atoms with Crippen LogP contribution >= 0.6 is 0 Å². The maximum atomic E-state index is 14.1. The summed E-state index contributed by atoms with van der Waals surface area (Å²) < 4.78 is 0. The van der Waals surface area contributed by atoms with Crippen LogP contribution in [0.2, 0.25) is 0 Å². The largest absolute Gasteiger partial charge is 0.364 e. The Morgan fingerprint density at radius 3 is 2.50 bits per heavy atom. The lowest BCUT2D eigenvalue weighted by Gasteiger charge is -2.56. The van der Waals surface area contributed by atoms with Gasteiger partial charge in [-0.1, -0.05) is 37.3 Å². The van der Waals surface area contributed by atoms with E-state index < -0.39 is 34.2 Å². The van der Waals surface area contributed by atoms with Crippen molar-refractivity contribution >= 4 is 29.2 Å². The van der Waals surface area contributed by atoms with E-state index in [0.717, 1.165) is 16.2 Å². The lowest BCUT2D eigenvalue weighted by Crippen LogP contribution is -2.75. The van der Waals surface area contributed by atoms with Gasteiger partial charge in [0.25, 0.3) is 5.69 Å². The number of anilines is 1. The van der Waals surface area contributed by atoms with E-state index in [1.54, 1.807) is 6.07 Å². The molecule has 2 saturated heterocycles. The molecule has 3 aliphatic rings. The average Bonchev–Trinajstić information content (AvgIpc) is 2.89. The van der Waals surface area contributed by atoms with Gasteiger partial charge in [-0.2, -0.15) is 0 Å². The fourth-order valence-electron chi connectivity index (χ4n) is 5.90. The summed E-state index contributed by atoms with van der Waals surface area (Å²) in [5.74, 6) is -1.05. The molecule has 3 heterocycles. The first-order valence-corrected chi connectivity index (χ1v) is 12.2. The van der Waals surface area contributed by atoms with E-state index in [4.69, 9.17) is 0 Å². The number of amides is 4. The second-order valence-electron chi connectivity index (χ2n) is 9.75. The molecular weight excluding hydrogens is 462 g/mol. The number of hydrogen-bond donors (Lipinski definition) is 0. The number of benzene rings is 2. The van der Waals surface area contributed by atoms with Crippen molar-refractivity contribution in [1.82, 2.24) is 14.7 Å². The van der Waals surface area contributed by atoms with Gasteiger partial charge in [0.1, 0.15) is 0 Å². The van der Waals surface area contributed by atoms with Gasteiger partial charge in [0.15, 0.2) is 5.41 Å². The van der Waals surface area contributed by atoms with Crippen molar-refractivity contribution in [2.75, 3.05) is 38.1 Å². The summed E-state index contributed by atoms with van der Waals surface area (Å²) >= 11 is 0. The van der Waals surface area contributed by atoms with Gasteiger partial charge in [-0.3, -0.25) is 34.4 Å². The lowest BCUT2D eigenvalue weighted by molar-refractivity contribution is -0.384. The number of barbiturate groups is 1. The molecule has 5 rings (SSSR count). The molecule has 4 amide bonds. The summed E-state index contributed by atoms with van der Waals surface area (Å²) in [5, 5.41) is 11.5. The molecule has 10 nitrogen and oxygen atoms in total. The molecule has 2 unspecified atom stereocenters. The number of non-ortho nitro benzene ring substituents is 1. The Bertz CT molecular complexity index is 1230. The zero-order chi connectivity index (χ0) is 25.6. The van der Waals surface area contributed by atoms with Crippen LogP contribution in [0.5, 0.6) is 0 Å². The van der Waals surface area contributed by atoms with Crippen LogP contribution in [0.3, 0.4) is 0 Å². The molecule has 0 aliphatic carbocycles. The lowest BCUT2D eigenvalue weighted by atomic mass is 9.67. The predicted molar refractivity (Wildman–Crippen MR) is 132 cm³/mol. The Balaban J connectivity index is 1.61. The van der Waals surface area contributed by atoms with Crippen molar-refractivity contribution in [3.05, 3.63) is 69.8 Å². The monoisotopic (exact) mass is 491 g/mol. The first kappa shape index (κ1) is 23.9. The number of nitro benzene ring substituents is 1. The number of urea groups is 1.